The van der Waals surface area contributed by atoms with Crippen LogP contribution in [0.2, 0.25) is 0 Å². The Balaban J connectivity index is 2.59. The van der Waals surface area contributed by atoms with E-state index in [1.807, 2.05) is 25.1 Å². The fraction of sp³-hybridized carbons (Fsp3) is 0.462. The van der Waals surface area contributed by atoms with E-state index >= 15 is 0 Å². The van der Waals surface area contributed by atoms with Crippen molar-refractivity contribution in [3.05, 3.63) is 29.3 Å². The van der Waals surface area contributed by atoms with Crippen LogP contribution >= 0.6 is 0 Å². The number of aliphatic hydroxyl groups excluding tert-OH is 1. The summed E-state index contributed by atoms with van der Waals surface area (Å²) in [5, 5.41) is 11.7. The molecule has 0 bridgehead atoms. The maximum Gasteiger partial charge on any atom is 0.224 e. The van der Waals surface area contributed by atoms with Crippen LogP contribution in [-0.4, -0.2) is 30.8 Å². The predicted molar refractivity (Wildman–Crippen MR) is 66.1 cm³/mol. The molecule has 4 heteroatoms. The highest BCUT2D eigenvalue weighted by Crippen LogP contribution is 2.19. The molecule has 1 unspecified atom stereocenters. The molecule has 1 atom stereocenters. The predicted octanol–water partition coefficient (Wildman–Crippen LogP) is 1.04. The lowest BCUT2D eigenvalue weighted by molar-refractivity contribution is -0.120. The van der Waals surface area contributed by atoms with Crippen LogP contribution in [0.25, 0.3) is 0 Å². The van der Waals surface area contributed by atoms with Crippen LogP contribution in [0.1, 0.15) is 18.1 Å². The Hall–Kier alpha value is -1.55. The van der Waals surface area contributed by atoms with Crippen LogP contribution in [-0.2, 0) is 11.2 Å². The van der Waals surface area contributed by atoms with Crippen LogP contribution < -0.4 is 10.1 Å². The highest BCUT2D eigenvalue weighted by atomic mass is 16.5. The van der Waals surface area contributed by atoms with Crippen LogP contribution in [0.4, 0.5) is 0 Å². The molecule has 17 heavy (non-hydrogen) atoms. The van der Waals surface area contributed by atoms with Gasteiger partial charge in [0.1, 0.15) is 5.75 Å². The first kappa shape index (κ1) is 13.5. The molecule has 0 heterocycles. The largest absolute Gasteiger partial charge is 0.496 e. The summed E-state index contributed by atoms with van der Waals surface area (Å²) in [5.74, 6) is 0.683. The fourth-order valence-corrected chi connectivity index (χ4v) is 1.48. The van der Waals surface area contributed by atoms with Crippen LogP contribution in [0.3, 0.4) is 0 Å². The van der Waals surface area contributed by atoms with Gasteiger partial charge in [0.15, 0.2) is 0 Å². The van der Waals surface area contributed by atoms with Crippen molar-refractivity contribution in [3.63, 3.8) is 0 Å². The molecule has 0 aliphatic carbocycles. The molecular weight excluding hydrogens is 218 g/mol. The number of carbonyl (C=O) groups excluding carboxylic acids is 1. The molecule has 0 saturated carbocycles. The van der Waals surface area contributed by atoms with Crippen LogP contribution in [0.15, 0.2) is 18.2 Å². The Labute approximate surface area is 102 Å². The van der Waals surface area contributed by atoms with Crippen molar-refractivity contribution in [1.29, 1.82) is 0 Å². The van der Waals surface area contributed by atoms with Gasteiger partial charge in [0.25, 0.3) is 0 Å². The Morgan fingerprint density at radius 1 is 1.53 bits per heavy atom. The molecule has 1 amide bonds. The second-order valence-corrected chi connectivity index (χ2v) is 4.13. The van der Waals surface area contributed by atoms with Gasteiger partial charge in [-0.05, 0) is 31.0 Å². The van der Waals surface area contributed by atoms with E-state index in [4.69, 9.17) is 9.84 Å². The summed E-state index contributed by atoms with van der Waals surface area (Å²) in [7, 11) is 1.61. The molecule has 0 aromatic heterocycles. The number of methoxy groups -OCH3 is 1. The number of benzene rings is 1. The highest BCUT2D eigenvalue weighted by molar-refractivity contribution is 5.78. The first-order valence-electron chi connectivity index (χ1n) is 5.61. The summed E-state index contributed by atoms with van der Waals surface area (Å²) < 4.78 is 5.19. The number of aliphatic hydroxyl groups is 1. The molecule has 0 saturated heterocycles. The van der Waals surface area contributed by atoms with Gasteiger partial charge >= 0.3 is 0 Å². The number of rotatable bonds is 5. The number of hydrogen-bond donors (Lipinski definition) is 2. The monoisotopic (exact) mass is 237 g/mol. The number of ether oxygens (including phenoxy) is 1. The standard InChI is InChI=1S/C13H19NO3/c1-9-4-5-11(6-12(9)17-3)7-13(16)14-8-10(2)15/h4-6,10,15H,7-8H2,1-3H3,(H,14,16). The Morgan fingerprint density at radius 3 is 2.82 bits per heavy atom. The second kappa shape index (κ2) is 6.25. The van der Waals surface area contributed by atoms with Gasteiger partial charge in [0, 0.05) is 6.54 Å². The fourth-order valence-electron chi connectivity index (χ4n) is 1.48. The number of amides is 1. The lowest BCUT2D eigenvalue weighted by Crippen LogP contribution is -2.31. The van der Waals surface area contributed by atoms with Crippen molar-refractivity contribution < 1.29 is 14.6 Å². The third-order valence-corrected chi connectivity index (χ3v) is 2.43. The maximum atomic E-state index is 11.5. The average Bonchev–Trinajstić information content (AvgIpc) is 2.29. The summed E-state index contributed by atoms with van der Waals surface area (Å²) in [4.78, 5) is 11.5. The summed E-state index contributed by atoms with van der Waals surface area (Å²) >= 11 is 0. The van der Waals surface area contributed by atoms with Crippen LogP contribution in [0.5, 0.6) is 5.75 Å². The van der Waals surface area contributed by atoms with Gasteiger partial charge in [-0.15, -0.1) is 0 Å². The first-order chi connectivity index (χ1) is 8.02. The van der Waals surface area contributed by atoms with Crippen molar-refractivity contribution in [2.24, 2.45) is 0 Å². The summed E-state index contributed by atoms with van der Waals surface area (Å²) in [6.07, 6.45) is -0.227. The van der Waals surface area contributed by atoms with Crippen molar-refractivity contribution in [2.45, 2.75) is 26.4 Å². The van der Waals surface area contributed by atoms with E-state index in [1.54, 1.807) is 14.0 Å². The van der Waals surface area contributed by atoms with Gasteiger partial charge in [0.2, 0.25) is 5.91 Å². The molecular formula is C13H19NO3. The zero-order valence-electron chi connectivity index (χ0n) is 10.5. The van der Waals surface area contributed by atoms with Gasteiger partial charge in [0.05, 0.1) is 19.6 Å². The van der Waals surface area contributed by atoms with Crippen LogP contribution in [0, 0.1) is 6.92 Å². The Morgan fingerprint density at radius 2 is 2.24 bits per heavy atom. The number of nitrogens with one attached hydrogen (secondary N) is 1. The van der Waals surface area contributed by atoms with Gasteiger partial charge in [-0.1, -0.05) is 12.1 Å². The van der Waals surface area contributed by atoms with E-state index < -0.39 is 6.10 Å². The van der Waals surface area contributed by atoms with Gasteiger partial charge < -0.3 is 15.2 Å². The molecule has 2 N–H and O–H groups in total. The molecule has 1 aromatic carbocycles. The minimum atomic E-state index is -0.522. The molecule has 0 aliphatic heterocycles. The van der Waals surface area contributed by atoms with E-state index in [9.17, 15) is 4.79 Å². The van der Waals surface area contributed by atoms with Gasteiger partial charge in [-0.25, -0.2) is 0 Å². The van der Waals surface area contributed by atoms with E-state index in [2.05, 4.69) is 5.32 Å². The minimum absolute atomic E-state index is 0.100. The third-order valence-electron chi connectivity index (χ3n) is 2.43. The second-order valence-electron chi connectivity index (χ2n) is 4.13. The molecule has 0 radical (unpaired) electrons. The molecule has 1 aromatic rings. The summed E-state index contributed by atoms with van der Waals surface area (Å²) in [6, 6.07) is 5.69. The van der Waals surface area contributed by atoms with E-state index in [-0.39, 0.29) is 12.5 Å². The van der Waals surface area contributed by atoms with Gasteiger partial charge in [-0.3, -0.25) is 4.79 Å². The number of carbonyl (C=O) groups is 1. The molecule has 0 fully saturated rings. The molecule has 1 rings (SSSR count). The van der Waals surface area contributed by atoms with E-state index in [1.165, 1.54) is 0 Å². The summed E-state index contributed by atoms with van der Waals surface area (Å²) in [6.45, 7) is 3.87. The SMILES string of the molecule is COc1cc(CC(=O)NCC(C)O)ccc1C. The topological polar surface area (TPSA) is 58.6 Å². The van der Waals surface area contributed by atoms with Crippen molar-refractivity contribution >= 4 is 5.91 Å². The van der Waals surface area contributed by atoms with Crippen molar-refractivity contribution in [2.75, 3.05) is 13.7 Å². The normalized spacial score (nSPS) is 12.0. The highest BCUT2D eigenvalue weighted by Gasteiger charge is 2.06. The Bertz CT molecular complexity index is 388. The molecule has 0 aliphatic rings. The lowest BCUT2D eigenvalue weighted by atomic mass is 10.1. The van der Waals surface area contributed by atoms with E-state index in [0.717, 1.165) is 16.9 Å². The smallest absolute Gasteiger partial charge is 0.224 e. The van der Waals surface area contributed by atoms with Crippen molar-refractivity contribution in [3.8, 4) is 5.75 Å². The number of aryl methyl sites for hydroxylation is 1. The average molecular weight is 237 g/mol. The first-order valence-corrected chi connectivity index (χ1v) is 5.61. The third kappa shape index (κ3) is 4.44. The number of hydrogen-bond acceptors (Lipinski definition) is 3. The Kier molecular flexibility index (Phi) is 4.97. The molecule has 0 spiro atoms. The quantitative estimate of drug-likeness (QED) is 0.804. The molecule has 94 valence electrons. The minimum Gasteiger partial charge on any atom is -0.496 e. The summed E-state index contributed by atoms with van der Waals surface area (Å²) in [5.41, 5.74) is 1.94. The lowest BCUT2D eigenvalue weighted by Gasteiger charge is -2.09. The molecule has 4 nitrogen and oxygen atoms in total. The van der Waals surface area contributed by atoms with Crippen molar-refractivity contribution in [1.82, 2.24) is 5.32 Å². The zero-order chi connectivity index (χ0) is 12.8. The maximum absolute atomic E-state index is 11.5. The van der Waals surface area contributed by atoms with E-state index in [0.29, 0.717) is 6.42 Å². The van der Waals surface area contributed by atoms with Gasteiger partial charge in [-0.2, -0.15) is 0 Å². The zero-order valence-corrected chi connectivity index (χ0v) is 10.5.